The van der Waals surface area contributed by atoms with Crippen LogP contribution >= 0.6 is 0 Å². The summed E-state index contributed by atoms with van der Waals surface area (Å²) in [5.41, 5.74) is 4.44. The van der Waals surface area contributed by atoms with Gasteiger partial charge in [-0.2, -0.15) is 5.10 Å². The highest BCUT2D eigenvalue weighted by Gasteiger charge is 2.20. The highest BCUT2D eigenvalue weighted by Crippen LogP contribution is 2.21. The van der Waals surface area contributed by atoms with E-state index in [1.165, 1.54) is 11.1 Å². The lowest BCUT2D eigenvalue weighted by Crippen LogP contribution is -2.07. The summed E-state index contributed by atoms with van der Waals surface area (Å²) in [6.07, 6.45) is 5.46. The van der Waals surface area contributed by atoms with Gasteiger partial charge in [-0.25, -0.2) is 0 Å². The minimum absolute atomic E-state index is 0.252. The number of rotatable bonds is 2. The Balaban J connectivity index is 1.90. The van der Waals surface area contributed by atoms with E-state index in [0.29, 0.717) is 6.42 Å². The Morgan fingerprint density at radius 2 is 1.89 bits per heavy atom. The van der Waals surface area contributed by atoms with Crippen molar-refractivity contribution >= 4 is 5.78 Å². The molecule has 0 amide bonds. The largest absolute Gasteiger partial charge is 0.294 e. The zero-order valence-corrected chi connectivity index (χ0v) is 11.2. The van der Waals surface area contributed by atoms with Gasteiger partial charge in [0.2, 0.25) is 0 Å². The molecule has 1 aromatic heterocycles. The van der Waals surface area contributed by atoms with Crippen molar-refractivity contribution in [3.8, 4) is 0 Å². The highest BCUT2D eigenvalue weighted by molar-refractivity contribution is 5.97. The van der Waals surface area contributed by atoms with Crippen LogP contribution in [0.15, 0.2) is 30.5 Å². The van der Waals surface area contributed by atoms with Crippen LogP contribution in [0.25, 0.3) is 0 Å². The smallest absolute Gasteiger partial charge is 0.166 e. The molecular weight excluding hydrogens is 236 g/mol. The zero-order chi connectivity index (χ0) is 13.2. The number of hydrogen-bond acceptors (Lipinski definition) is 2. The number of Topliss-reactive ketones (excluding diaryl/α,β-unsaturated/α-hetero) is 1. The van der Waals surface area contributed by atoms with E-state index in [0.717, 1.165) is 37.1 Å². The molecule has 0 spiro atoms. The number of nitrogens with zero attached hydrogens (tertiary/aromatic N) is 2. The summed E-state index contributed by atoms with van der Waals surface area (Å²) in [4.78, 5) is 12.0. The van der Waals surface area contributed by atoms with Crippen molar-refractivity contribution in [2.24, 2.45) is 0 Å². The number of carbonyl (C=O) groups is 1. The molecule has 0 fully saturated rings. The van der Waals surface area contributed by atoms with Crippen molar-refractivity contribution in [2.45, 2.75) is 39.2 Å². The first-order chi connectivity index (χ1) is 9.24. The average molecular weight is 254 g/mol. The molecule has 1 aliphatic carbocycles. The molecule has 1 heterocycles. The summed E-state index contributed by atoms with van der Waals surface area (Å²) >= 11 is 0. The molecule has 0 N–H and O–H groups in total. The van der Waals surface area contributed by atoms with Crippen molar-refractivity contribution in [3.63, 3.8) is 0 Å². The molecular formula is C16H18N2O. The molecule has 98 valence electrons. The van der Waals surface area contributed by atoms with Crippen molar-refractivity contribution in [2.75, 3.05) is 0 Å². The number of aryl methyl sites for hydroxylation is 1. The van der Waals surface area contributed by atoms with Crippen molar-refractivity contribution in [1.82, 2.24) is 9.78 Å². The number of benzene rings is 1. The van der Waals surface area contributed by atoms with Gasteiger partial charge in [-0.3, -0.25) is 9.48 Å². The van der Waals surface area contributed by atoms with Crippen LogP contribution in [0.4, 0.5) is 0 Å². The van der Waals surface area contributed by atoms with Crippen LogP contribution < -0.4 is 0 Å². The topological polar surface area (TPSA) is 34.9 Å². The fraction of sp³-hybridized carbons (Fsp3) is 0.375. The van der Waals surface area contributed by atoms with Crippen LogP contribution in [0.1, 0.15) is 46.4 Å². The average Bonchev–Trinajstić information content (AvgIpc) is 2.71. The van der Waals surface area contributed by atoms with Crippen molar-refractivity contribution < 1.29 is 4.79 Å². The van der Waals surface area contributed by atoms with E-state index < -0.39 is 0 Å². The van der Waals surface area contributed by atoms with Crippen LogP contribution in [0.3, 0.4) is 0 Å². The zero-order valence-electron chi connectivity index (χ0n) is 11.2. The molecule has 0 aliphatic heterocycles. The monoisotopic (exact) mass is 254 g/mol. The second-order valence-electron chi connectivity index (χ2n) is 5.28. The van der Waals surface area contributed by atoms with E-state index in [1.54, 1.807) is 6.20 Å². The van der Waals surface area contributed by atoms with E-state index in [9.17, 15) is 4.79 Å². The van der Waals surface area contributed by atoms with Crippen LogP contribution in [0.5, 0.6) is 0 Å². The number of ketones is 1. The van der Waals surface area contributed by atoms with Crippen molar-refractivity contribution in [3.05, 3.63) is 52.8 Å². The predicted molar refractivity (Wildman–Crippen MR) is 74.4 cm³/mol. The third kappa shape index (κ3) is 2.46. The van der Waals surface area contributed by atoms with Gasteiger partial charge in [0.25, 0.3) is 0 Å². The Bertz CT molecular complexity index is 596. The van der Waals surface area contributed by atoms with Crippen LogP contribution in [0, 0.1) is 6.92 Å². The maximum absolute atomic E-state index is 12.0. The molecule has 3 rings (SSSR count). The Kier molecular flexibility index (Phi) is 3.20. The molecule has 1 aliphatic rings. The SMILES string of the molecule is Cc1ccc(Cn2ncc3c2CCCCC3=O)cc1. The lowest BCUT2D eigenvalue weighted by atomic mass is 10.1. The number of hydrogen-bond donors (Lipinski definition) is 0. The lowest BCUT2D eigenvalue weighted by molar-refractivity contribution is 0.0982. The molecule has 0 radical (unpaired) electrons. The summed E-state index contributed by atoms with van der Waals surface area (Å²) in [6.45, 7) is 2.84. The Labute approximate surface area is 113 Å². The molecule has 0 unspecified atom stereocenters. The molecule has 19 heavy (non-hydrogen) atoms. The third-order valence-electron chi connectivity index (χ3n) is 3.77. The molecule has 1 aromatic carbocycles. The van der Waals surface area contributed by atoms with Crippen LogP contribution in [-0.2, 0) is 13.0 Å². The van der Waals surface area contributed by atoms with Gasteiger partial charge in [-0.15, -0.1) is 0 Å². The van der Waals surface area contributed by atoms with Gasteiger partial charge in [0.1, 0.15) is 0 Å². The van der Waals surface area contributed by atoms with Crippen LogP contribution in [-0.4, -0.2) is 15.6 Å². The number of fused-ring (bicyclic) bond motifs is 1. The molecule has 2 aromatic rings. The fourth-order valence-electron chi connectivity index (χ4n) is 2.62. The predicted octanol–water partition coefficient (Wildman–Crippen LogP) is 3.15. The Hall–Kier alpha value is -1.90. The first-order valence-electron chi connectivity index (χ1n) is 6.87. The summed E-state index contributed by atoms with van der Waals surface area (Å²) < 4.78 is 1.99. The fourth-order valence-corrected chi connectivity index (χ4v) is 2.62. The highest BCUT2D eigenvalue weighted by atomic mass is 16.1. The van der Waals surface area contributed by atoms with E-state index in [2.05, 4.69) is 36.3 Å². The number of carbonyl (C=O) groups excluding carboxylic acids is 1. The van der Waals surface area contributed by atoms with E-state index in [-0.39, 0.29) is 5.78 Å². The minimum atomic E-state index is 0.252. The molecule has 0 saturated carbocycles. The second-order valence-corrected chi connectivity index (χ2v) is 5.28. The van der Waals surface area contributed by atoms with Crippen molar-refractivity contribution in [1.29, 1.82) is 0 Å². The van der Waals surface area contributed by atoms with Gasteiger partial charge < -0.3 is 0 Å². The van der Waals surface area contributed by atoms with Gasteiger partial charge in [0.05, 0.1) is 18.3 Å². The maximum atomic E-state index is 12.0. The Morgan fingerprint density at radius 1 is 1.16 bits per heavy atom. The normalized spacial score (nSPS) is 15.1. The summed E-state index contributed by atoms with van der Waals surface area (Å²) in [5, 5.41) is 4.40. The lowest BCUT2D eigenvalue weighted by Gasteiger charge is -2.08. The minimum Gasteiger partial charge on any atom is -0.294 e. The first-order valence-corrected chi connectivity index (χ1v) is 6.87. The van der Waals surface area contributed by atoms with E-state index in [4.69, 9.17) is 0 Å². The van der Waals surface area contributed by atoms with Gasteiger partial charge in [0, 0.05) is 12.1 Å². The summed E-state index contributed by atoms with van der Waals surface area (Å²) in [6, 6.07) is 8.48. The first kappa shape index (κ1) is 12.2. The Morgan fingerprint density at radius 3 is 2.68 bits per heavy atom. The second kappa shape index (κ2) is 5.00. The maximum Gasteiger partial charge on any atom is 0.166 e. The third-order valence-corrected chi connectivity index (χ3v) is 3.77. The standard InChI is InChI=1S/C16H18N2O/c1-12-6-8-13(9-7-12)11-18-15-4-2-3-5-16(19)14(15)10-17-18/h6-10H,2-5,11H2,1H3. The molecule has 3 heteroatoms. The van der Waals surface area contributed by atoms with Crippen LogP contribution in [0.2, 0.25) is 0 Å². The van der Waals surface area contributed by atoms with E-state index >= 15 is 0 Å². The summed E-state index contributed by atoms with van der Waals surface area (Å²) in [7, 11) is 0. The van der Waals surface area contributed by atoms with Gasteiger partial charge in [-0.05, 0) is 31.7 Å². The molecule has 0 saturated heterocycles. The van der Waals surface area contributed by atoms with Gasteiger partial charge in [-0.1, -0.05) is 29.8 Å². The molecule has 3 nitrogen and oxygen atoms in total. The van der Waals surface area contributed by atoms with Gasteiger partial charge in [0.15, 0.2) is 5.78 Å². The summed E-state index contributed by atoms with van der Waals surface area (Å²) in [5.74, 6) is 0.252. The van der Waals surface area contributed by atoms with E-state index in [1.807, 2.05) is 4.68 Å². The molecule has 0 bridgehead atoms. The quantitative estimate of drug-likeness (QED) is 0.772. The van der Waals surface area contributed by atoms with Gasteiger partial charge >= 0.3 is 0 Å². The molecule has 0 atom stereocenters. The number of aromatic nitrogens is 2.